The number of ether oxygens (including phenoxy) is 1. The lowest BCUT2D eigenvalue weighted by Gasteiger charge is -2.07. The Morgan fingerprint density at radius 1 is 1.20 bits per heavy atom. The predicted molar refractivity (Wildman–Crippen MR) is 62.3 cm³/mol. The lowest BCUT2D eigenvalue weighted by molar-refractivity contribution is -0.384. The summed E-state index contributed by atoms with van der Waals surface area (Å²) in [4.78, 5) is 12.7. The molecule has 0 unspecified atom stereocenters. The summed E-state index contributed by atoms with van der Waals surface area (Å²) in [5, 5.41) is 10.3. The van der Waals surface area contributed by atoms with Crippen molar-refractivity contribution in [2.75, 3.05) is 0 Å². The molecule has 0 amide bonds. The molecule has 20 heavy (non-hydrogen) atoms. The van der Waals surface area contributed by atoms with Gasteiger partial charge in [-0.3, -0.25) is 10.1 Å². The molecule has 0 spiro atoms. The van der Waals surface area contributed by atoms with Crippen LogP contribution in [0.25, 0.3) is 0 Å². The number of nitro benzene ring substituents is 1. The van der Waals surface area contributed by atoms with Gasteiger partial charge in [0.15, 0.2) is 11.6 Å². The summed E-state index contributed by atoms with van der Waals surface area (Å²) < 4.78 is 43.7. The third-order valence-electron chi connectivity index (χ3n) is 2.19. The molecule has 2 aromatic rings. The third kappa shape index (κ3) is 2.80. The molecule has 0 atom stereocenters. The summed E-state index contributed by atoms with van der Waals surface area (Å²) in [7, 11) is 0. The maximum atomic E-state index is 13.3. The minimum Gasteiger partial charge on any atom is -0.435 e. The van der Waals surface area contributed by atoms with Crippen LogP contribution < -0.4 is 4.74 Å². The van der Waals surface area contributed by atoms with Gasteiger partial charge in [-0.1, -0.05) is 11.6 Å². The average molecular weight is 305 g/mol. The van der Waals surface area contributed by atoms with E-state index >= 15 is 0 Å². The smallest absolute Gasteiger partial charge is 0.271 e. The molecule has 1 heterocycles. The van der Waals surface area contributed by atoms with E-state index < -0.39 is 28.4 Å². The number of halogens is 4. The van der Waals surface area contributed by atoms with E-state index in [1.807, 2.05) is 0 Å². The first-order chi connectivity index (χ1) is 9.38. The van der Waals surface area contributed by atoms with Gasteiger partial charge in [0.1, 0.15) is 5.75 Å². The maximum absolute atomic E-state index is 13.3. The van der Waals surface area contributed by atoms with Crippen LogP contribution in [0.1, 0.15) is 0 Å². The second kappa shape index (κ2) is 5.33. The van der Waals surface area contributed by atoms with Crippen molar-refractivity contribution in [2.24, 2.45) is 0 Å². The lowest BCUT2D eigenvalue weighted by atomic mass is 10.3. The van der Waals surface area contributed by atoms with E-state index in [9.17, 15) is 23.3 Å². The van der Waals surface area contributed by atoms with Crippen LogP contribution >= 0.6 is 11.6 Å². The SMILES string of the molecule is O=[N+]([O-])c1ccc(Oc2nc(F)c(F)cc2F)c(Cl)c1. The van der Waals surface area contributed by atoms with E-state index in [0.29, 0.717) is 0 Å². The van der Waals surface area contributed by atoms with Crippen LogP contribution in [-0.2, 0) is 0 Å². The Hall–Kier alpha value is -2.35. The molecule has 0 N–H and O–H groups in total. The summed E-state index contributed by atoms with van der Waals surface area (Å²) in [5.41, 5.74) is -0.305. The normalized spacial score (nSPS) is 10.4. The lowest BCUT2D eigenvalue weighted by Crippen LogP contribution is -1.98. The Labute approximate surface area is 114 Å². The van der Waals surface area contributed by atoms with E-state index in [4.69, 9.17) is 16.3 Å². The zero-order chi connectivity index (χ0) is 14.9. The maximum Gasteiger partial charge on any atom is 0.271 e. The van der Waals surface area contributed by atoms with Crippen LogP contribution in [0.15, 0.2) is 24.3 Å². The van der Waals surface area contributed by atoms with E-state index in [2.05, 4.69) is 4.98 Å². The first-order valence-electron chi connectivity index (χ1n) is 5.02. The van der Waals surface area contributed by atoms with Crippen LogP contribution in [-0.4, -0.2) is 9.91 Å². The highest BCUT2D eigenvalue weighted by Crippen LogP contribution is 2.32. The van der Waals surface area contributed by atoms with E-state index in [0.717, 1.165) is 18.2 Å². The number of rotatable bonds is 3. The standard InChI is InChI=1S/C11H4ClF3N2O3/c12-6-3-5(17(18)19)1-2-9(6)20-11-8(14)4-7(13)10(15)16-11/h1-4H. The fraction of sp³-hybridized carbons (Fsp3) is 0. The summed E-state index contributed by atoms with van der Waals surface area (Å²) in [6.07, 6.45) is 0. The molecule has 104 valence electrons. The van der Waals surface area contributed by atoms with Crippen molar-refractivity contribution < 1.29 is 22.8 Å². The number of benzene rings is 1. The monoisotopic (exact) mass is 304 g/mol. The highest BCUT2D eigenvalue weighted by molar-refractivity contribution is 6.32. The number of nitrogens with zero attached hydrogens (tertiary/aromatic N) is 2. The second-order valence-electron chi connectivity index (χ2n) is 3.52. The minimum atomic E-state index is -1.54. The summed E-state index contributed by atoms with van der Waals surface area (Å²) in [6, 6.07) is 3.37. The van der Waals surface area contributed by atoms with Crippen LogP contribution in [0.2, 0.25) is 5.02 Å². The van der Waals surface area contributed by atoms with Gasteiger partial charge in [-0.25, -0.2) is 8.78 Å². The molecule has 0 aliphatic heterocycles. The molecule has 9 heteroatoms. The third-order valence-corrected chi connectivity index (χ3v) is 2.48. The summed E-state index contributed by atoms with van der Waals surface area (Å²) in [6.45, 7) is 0. The van der Waals surface area contributed by atoms with Crippen molar-refractivity contribution in [1.29, 1.82) is 0 Å². The fourth-order valence-electron chi connectivity index (χ4n) is 1.29. The van der Waals surface area contributed by atoms with Gasteiger partial charge in [0.05, 0.1) is 9.95 Å². The highest BCUT2D eigenvalue weighted by atomic mass is 35.5. The Kier molecular flexibility index (Phi) is 3.75. The van der Waals surface area contributed by atoms with Crippen LogP contribution in [0.4, 0.5) is 18.9 Å². The van der Waals surface area contributed by atoms with Crippen molar-refractivity contribution in [3.63, 3.8) is 0 Å². The Morgan fingerprint density at radius 2 is 1.90 bits per heavy atom. The molecule has 1 aromatic carbocycles. The molecular weight excluding hydrogens is 301 g/mol. The highest BCUT2D eigenvalue weighted by Gasteiger charge is 2.16. The van der Waals surface area contributed by atoms with Crippen molar-refractivity contribution in [3.05, 3.63) is 57.0 Å². The number of hydrogen-bond acceptors (Lipinski definition) is 4. The molecule has 0 saturated heterocycles. The van der Waals surface area contributed by atoms with Gasteiger partial charge in [-0.2, -0.15) is 9.37 Å². The van der Waals surface area contributed by atoms with Crippen LogP contribution in [0.5, 0.6) is 11.6 Å². The molecule has 0 saturated carbocycles. The predicted octanol–water partition coefficient (Wildman–Crippen LogP) is 3.85. The average Bonchev–Trinajstić information content (AvgIpc) is 2.37. The van der Waals surface area contributed by atoms with Gasteiger partial charge in [0.25, 0.3) is 17.5 Å². The Morgan fingerprint density at radius 3 is 2.50 bits per heavy atom. The second-order valence-corrected chi connectivity index (χ2v) is 3.93. The van der Waals surface area contributed by atoms with E-state index in [-0.39, 0.29) is 22.5 Å². The molecule has 0 aliphatic rings. The minimum absolute atomic E-state index is 0.185. The van der Waals surface area contributed by atoms with E-state index in [1.165, 1.54) is 0 Å². The zero-order valence-electron chi connectivity index (χ0n) is 9.44. The molecule has 2 rings (SSSR count). The van der Waals surface area contributed by atoms with Crippen LogP contribution in [0.3, 0.4) is 0 Å². The molecular formula is C11H4ClF3N2O3. The number of nitro groups is 1. The topological polar surface area (TPSA) is 65.3 Å². The summed E-state index contributed by atoms with van der Waals surface area (Å²) >= 11 is 5.70. The number of hydrogen-bond donors (Lipinski definition) is 0. The van der Waals surface area contributed by atoms with Gasteiger partial charge in [0.2, 0.25) is 0 Å². The molecule has 0 aliphatic carbocycles. The first kappa shape index (κ1) is 14.1. The number of aromatic nitrogens is 1. The summed E-state index contributed by atoms with van der Waals surface area (Å²) in [5.74, 6) is -5.27. The van der Waals surface area contributed by atoms with Crippen molar-refractivity contribution in [3.8, 4) is 11.6 Å². The Bertz CT molecular complexity index is 697. The van der Waals surface area contributed by atoms with Gasteiger partial charge in [0, 0.05) is 18.2 Å². The number of non-ortho nitro benzene ring substituents is 1. The first-order valence-corrected chi connectivity index (χ1v) is 5.39. The molecule has 0 radical (unpaired) electrons. The largest absolute Gasteiger partial charge is 0.435 e. The molecule has 0 bridgehead atoms. The zero-order valence-corrected chi connectivity index (χ0v) is 10.2. The van der Waals surface area contributed by atoms with Gasteiger partial charge < -0.3 is 4.74 Å². The molecule has 1 aromatic heterocycles. The van der Waals surface area contributed by atoms with Gasteiger partial charge >= 0.3 is 0 Å². The molecule has 5 nitrogen and oxygen atoms in total. The molecule has 0 fully saturated rings. The van der Waals surface area contributed by atoms with Crippen molar-refractivity contribution in [1.82, 2.24) is 4.98 Å². The van der Waals surface area contributed by atoms with Crippen molar-refractivity contribution >= 4 is 17.3 Å². The van der Waals surface area contributed by atoms with E-state index in [1.54, 1.807) is 0 Å². The number of pyridine rings is 1. The van der Waals surface area contributed by atoms with Gasteiger partial charge in [-0.05, 0) is 6.07 Å². The van der Waals surface area contributed by atoms with Crippen LogP contribution in [0, 0.1) is 27.7 Å². The fourth-order valence-corrected chi connectivity index (χ4v) is 1.50. The Balaban J connectivity index is 2.35. The quantitative estimate of drug-likeness (QED) is 0.491. The van der Waals surface area contributed by atoms with Crippen molar-refractivity contribution in [2.45, 2.75) is 0 Å². The van der Waals surface area contributed by atoms with Gasteiger partial charge in [-0.15, -0.1) is 0 Å².